The van der Waals surface area contributed by atoms with Gasteiger partial charge >= 0.3 is 5.97 Å². The lowest BCUT2D eigenvalue weighted by Gasteiger charge is -2.32. The molecule has 3 rings (SSSR count). The maximum atomic E-state index is 14.1. The van der Waals surface area contributed by atoms with Crippen molar-refractivity contribution in [2.75, 3.05) is 7.11 Å². The largest absolute Gasteiger partial charge is 0.464 e. The number of alkyl halides is 2. The summed E-state index contributed by atoms with van der Waals surface area (Å²) in [6.07, 6.45) is 6.04. The highest BCUT2D eigenvalue weighted by Crippen LogP contribution is 2.49. The van der Waals surface area contributed by atoms with Gasteiger partial charge in [-0.2, -0.15) is 0 Å². The molecule has 2 atom stereocenters. The minimum absolute atomic E-state index is 0.0179. The number of fused-ring (bicyclic) bond motifs is 3. The van der Waals surface area contributed by atoms with Gasteiger partial charge in [-0.05, 0) is 6.07 Å². The number of esters is 1. The number of aliphatic imine (C=N–C) groups is 1. The van der Waals surface area contributed by atoms with Crippen LogP contribution in [0.5, 0.6) is 0 Å². The molecule has 0 unspecified atom stereocenters. The SMILES string of the molecule is C#C[C@@H]1N2C(N)=Nc3cnc(C(=O)OC)cc3[C@H]2CC1(F)F. The van der Waals surface area contributed by atoms with Gasteiger partial charge in [-0.15, -0.1) is 6.42 Å². The summed E-state index contributed by atoms with van der Waals surface area (Å²) in [6.45, 7) is 0. The minimum atomic E-state index is -3.10. The summed E-state index contributed by atoms with van der Waals surface area (Å²) in [5.74, 6) is -1.77. The van der Waals surface area contributed by atoms with Gasteiger partial charge in [-0.25, -0.2) is 23.6 Å². The molecule has 0 aliphatic carbocycles. The zero-order chi connectivity index (χ0) is 16.1. The van der Waals surface area contributed by atoms with Crippen LogP contribution in [-0.2, 0) is 4.74 Å². The molecule has 0 spiro atoms. The number of halogens is 2. The molecule has 1 aromatic heterocycles. The number of nitrogens with zero attached hydrogens (tertiary/aromatic N) is 3. The van der Waals surface area contributed by atoms with Gasteiger partial charge in [0.05, 0.1) is 25.0 Å². The number of aromatic nitrogens is 1. The number of ether oxygens (including phenoxy) is 1. The molecule has 0 radical (unpaired) electrons. The van der Waals surface area contributed by atoms with Crippen LogP contribution in [0, 0.1) is 12.3 Å². The number of hydrogen-bond donors (Lipinski definition) is 1. The summed E-state index contributed by atoms with van der Waals surface area (Å²) in [6, 6.07) is -0.830. The van der Waals surface area contributed by atoms with Gasteiger partial charge in [-0.3, -0.25) is 0 Å². The summed E-state index contributed by atoms with van der Waals surface area (Å²) in [7, 11) is 1.21. The number of rotatable bonds is 1. The Morgan fingerprint density at radius 1 is 1.64 bits per heavy atom. The second-order valence-electron chi connectivity index (χ2n) is 5.05. The smallest absolute Gasteiger partial charge is 0.356 e. The van der Waals surface area contributed by atoms with Crippen molar-refractivity contribution in [3.8, 4) is 12.3 Å². The maximum Gasteiger partial charge on any atom is 0.356 e. The van der Waals surface area contributed by atoms with Crippen LogP contribution in [-0.4, -0.2) is 40.9 Å². The third-order valence-corrected chi connectivity index (χ3v) is 3.80. The van der Waals surface area contributed by atoms with Crippen molar-refractivity contribution in [1.29, 1.82) is 0 Å². The highest BCUT2D eigenvalue weighted by Gasteiger charge is 2.56. The van der Waals surface area contributed by atoms with E-state index < -0.39 is 30.4 Å². The lowest BCUT2D eigenvalue weighted by atomic mass is 10.0. The van der Waals surface area contributed by atoms with Crippen LogP contribution in [0.3, 0.4) is 0 Å². The van der Waals surface area contributed by atoms with Gasteiger partial charge in [-0.1, -0.05) is 5.92 Å². The summed E-state index contributed by atoms with van der Waals surface area (Å²) >= 11 is 0. The maximum absolute atomic E-state index is 14.1. The van der Waals surface area contributed by atoms with Gasteiger partial charge in [0, 0.05) is 12.0 Å². The average molecular weight is 306 g/mol. The van der Waals surface area contributed by atoms with E-state index in [2.05, 4.69) is 20.6 Å². The van der Waals surface area contributed by atoms with E-state index in [1.807, 2.05) is 0 Å². The first-order valence-electron chi connectivity index (χ1n) is 6.43. The number of pyridine rings is 1. The van der Waals surface area contributed by atoms with Crippen LogP contribution in [0.25, 0.3) is 0 Å². The van der Waals surface area contributed by atoms with Gasteiger partial charge in [0.2, 0.25) is 0 Å². The van der Waals surface area contributed by atoms with Crippen molar-refractivity contribution in [3.05, 3.63) is 23.5 Å². The first-order valence-corrected chi connectivity index (χ1v) is 6.43. The molecule has 0 bridgehead atoms. The van der Waals surface area contributed by atoms with Gasteiger partial charge < -0.3 is 15.4 Å². The van der Waals surface area contributed by atoms with E-state index >= 15 is 0 Å². The topological polar surface area (TPSA) is 80.8 Å². The Kier molecular flexibility index (Phi) is 3.02. The molecule has 114 valence electrons. The minimum Gasteiger partial charge on any atom is -0.464 e. The normalized spacial score (nSPS) is 24.8. The van der Waals surface area contributed by atoms with E-state index in [9.17, 15) is 13.6 Å². The fraction of sp³-hybridized carbons (Fsp3) is 0.357. The second-order valence-corrected chi connectivity index (χ2v) is 5.05. The Balaban J connectivity index is 2.12. The van der Waals surface area contributed by atoms with E-state index in [-0.39, 0.29) is 11.7 Å². The van der Waals surface area contributed by atoms with Crippen LogP contribution in [0.1, 0.15) is 28.5 Å². The fourth-order valence-corrected chi connectivity index (χ4v) is 2.83. The number of guanidine groups is 1. The Morgan fingerprint density at radius 2 is 2.36 bits per heavy atom. The van der Waals surface area contributed by atoms with Gasteiger partial charge in [0.1, 0.15) is 5.69 Å². The number of carbonyl (C=O) groups is 1. The van der Waals surface area contributed by atoms with Gasteiger partial charge in [0.15, 0.2) is 12.0 Å². The van der Waals surface area contributed by atoms with Crippen molar-refractivity contribution in [2.24, 2.45) is 10.7 Å². The molecule has 2 aliphatic heterocycles. The van der Waals surface area contributed by atoms with Crippen molar-refractivity contribution in [2.45, 2.75) is 24.4 Å². The highest BCUT2D eigenvalue weighted by atomic mass is 19.3. The first kappa shape index (κ1) is 14.3. The van der Waals surface area contributed by atoms with E-state index in [4.69, 9.17) is 12.2 Å². The van der Waals surface area contributed by atoms with Crippen LogP contribution in [0.15, 0.2) is 17.3 Å². The Morgan fingerprint density at radius 3 is 3.00 bits per heavy atom. The zero-order valence-electron chi connectivity index (χ0n) is 11.6. The van der Waals surface area contributed by atoms with Crippen LogP contribution in [0.2, 0.25) is 0 Å². The molecule has 0 saturated carbocycles. The number of terminal acetylenes is 1. The number of nitrogens with two attached hydrogens (primary N) is 1. The second kappa shape index (κ2) is 4.66. The summed E-state index contributed by atoms with van der Waals surface area (Å²) in [4.78, 5) is 20.7. The van der Waals surface area contributed by atoms with Crippen molar-refractivity contribution >= 4 is 17.6 Å². The zero-order valence-corrected chi connectivity index (χ0v) is 11.6. The van der Waals surface area contributed by atoms with Crippen LogP contribution in [0.4, 0.5) is 14.5 Å². The molecule has 2 N–H and O–H groups in total. The molecule has 6 nitrogen and oxygen atoms in total. The molecule has 22 heavy (non-hydrogen) atoms. The van der Waals surface area contributed by atoms with Crippen LogP contribution >= 0.6 is 0 Å². The standard InChI is InChI=1S/C14H12F2N4O2/c1-3-11-14(15,16)5-10-7-4-8(12(21)22-2)18-6-9(7)19-13(17)20(10)11/h1,4,6,10-11H,5H2,2H3,(H2,17,19)/t10-,11+/m1/s1. The van der Waals surface area contributed by atoms with Crippen molar-refractivity contribution in [1.82, 2.24) is 9.88 Å². The quantitative estimate of drug-likeness (QED) is 0.623. The lowest BCUT2D eigenvalue weighted by molar-refractivity contribution is -0.00452. The molecule has 1 fully saturated rings. The van der Waals surface area contributed by atoms with E-state index in [0.717, 1.165) is 0 Å². The Hall–Kier alpha value is -2.69. The molecule has 1 saturated heterocycles. The molecule has 1 aromatic rings. The summed E-state index contributed by atoms with van der Waals surface area (Å²) in [5, 5.41) is 0. The predicted octanol–water partition coefficient (Wildman–Crippen LogP) is 1.21. The van der Waals surface area contributed by atoms with E-state index in [0.29, 0.717) is 11.3 Å². The molecule has 8 heteroatoms. The first-order chi connectivity index (χ1) is 10.4. The van der Waals surface area contributed by atoms with Gasteiger partial charge in [0.25, 0.3) is 5.92 Å². The Bertz CT molecular complexity index is 726. The van der Waals surface area contributed by atoms with Crippen LogP contribution < -0.4 is 5.73 Å². The third kappa shape index (κ3) is 1.89. The molecule has 0 amide bonds. The highest BCUT2D eigenvalue weighted by molar-refractivity contribution is 5.89. The fourth-order valence-electron chi connectivity index (χ4n) is 2.83. The number of carbonyl (C=O) groups excluding carboxylic acids is 1. The molecular formula is C14H12F2N4O2. The average Bonchev–Trinajstić information content (AvgIpc) is 2.77. The molecule has 2 aliphatic rings. The Labute approximate surface area is 125 Å². The summed E-state index contributed by atoms with van der Waals surface area (Å²) < 4.78 is 32.8. The van der Waals surface area contributed by atoms with Crippen molar-refractivity contribution in [3.63, 3.8) is 0 Å². The number of hydrogen-bond acceptors (Lipinski definition) is 6. The van der Waals surface area contributed by atoms with E-state index in [1.54, 1.807) is 0 Å². The predicted molar refractivity (Wildman–Crippen MR) is 73.6 cm³/mol. The number of methoxy groups -OCH3 is 1. The molecule has 3 heterocycles. The van der Waals surface area contributed by atoms with E-state index in [1.165, 1.54) is 24.3 Å². The third-order valence-electron chi connectivity index (χ3n) is 3.80. The molecule has 0 aromatic carbocycles. The monoisotopic (exact) mass is 306 g/mol. The lowest BCUT2D eigenvalue weighted by Crippen LogP contribution is -2.46. The summed E-state index contributed by atoms with van der Waals surface area (Å²) in [5.41, 5.74) is 6.57. The van der Waals surface area contributed by atoms with Crippen molar-refractivity contribution < 1.29 is 18.3 Å². The molecular weight excluding hydrogens is 294 g/mol.